The Morgan fingerprint density at radius 3 is 2.31 bits per heavy atom. The van der Waals surface area contributed by atoms with E-state index < -0.39 is 29.4 Å². The van der Waals surface area contributed by atoms with Crippen LogP contribution in [-0.4, -0.2) is 12.7 Å². The number of halogens is 4. The van der Waals surface area contributed by atoms with Crippen LogP contribution < -0.4 is 0 Å². The minimum atomic E-state index is -0.864. The summed E-state index contributed by atoms with van der Waals surface area (Å²) in [5.41, 5.74) is 2.42. The molecule has 1 saturated carbocycles. The normalized spacial score (nSPS) is 23.0. The lowest BCUT2D eigenvalue weighted by molar-refractivity contribution is 0.0701. The van der Waals surface area contributed by atoms with Gasteiger partial charge in [0, 0.05) is 17.7 Å². The highest BCUT2D eigenvalue weighted by molar-refractivity contribution is 5.66. The Labute approximate surface area is 204 Å². The van der Waals surface area contributed by atoms with Crippen molar-refractivity contribution >= 4 is 6.08 Å². The van der Waals surface area contributed by atoms with Gasteiger partial charge in [0.05, 0.1) is 0 Å². The summed E-state index contributed by atoms with van der Waals surface area (Å²) in [6.07, 6.45) is 9.31. The zero-order valence-electron chi connectivity index (χ0n) is 19.9. The Kier molecular flexibility index (Phi) is 8.07. The van der Waals surface area contributed by atoms with Crippen molar-refractivity contribution in [3.8, 4) is 11.1 Å². The average molecular weight is 483 g/mol. The molecular formula is C30H30F4O. The summed E-state index contributed by atoms with van der Waals surface area (Å²) in [6.45, 7) is 5.78. The summed E-state index contributed by atoms with van der Waals surface area (Å²) in [5.74, 6) is -3.21. The molecule has 35 heavy (non-hydrogen) atoms. The molecule has 0 radical (unpaired) electrons. The zero-order chi connectivity index (χ0) is 24.9. The minimum Gasteiger partial charge on any atom is -0.371 e. The smallest absolute Gasteiger partial charge is 0.166 e. The Hall–Kier alpha value is -2.92. The standard InChI is InChI=1S/C30H30F4O/c1-3-19-5-10-21(11-6-19)24-16-17-25(29(33)28(24)32)22-12-7-20(8-13-22)9-14-23-15-18-26(35-4-2)30(34)27(23)31/h3,5-6,9-11,14-17,20,22,26H,1,4,7-8,12-13,18H2,2H3/b14-9+. The number of hydrogen-bond donors (Lipinski definition) is 0. The van der Waals surface area contributed by atoms with Crippen molar-refractivity contribution in [3.05, 3.63) is 101 Å². The van der Waals surface area contributed by atoms with Crippen LogP contribution in [0.15, 0.2) is 78.4 Å². The van der Waals surface area contributed by atoms with Gasteiger partial charge in [0.1, 0.15) is 6.10 Å². The molecule has 0 saturated heterocycles. The predicted octanol–water partition coefficient (Wildman–Crippen LogP) is 8.99. The Bertz CT molecular complexity index is 1150. The Morgan fingerprint density at radius 1 is 0.943 bits per heavy atom. The monoisotopic (exact) mass is 482 g/mol. The predicted molar refractivity (Wildman–Crippen MR) is 133 cm³/mol. The van der Waals surface area contributed by atoms with Crippen molar-refractivity contribution in [1.29, 1.82) is 0 Å². The van der Waals surface area contributed by atoms with E-state index in [2.05, 4.69) is 6.58 Å². The molecule has 0 N–H and O–H groups in total. The lowest BCUT2D eigenvalue weighted by atomic mass is 9.78. The van der Waals surface area contributed by atoms with Crippen LogP contribution in [0.3, 0.4) is 0 Å². The average Bonchev–Trinajstić information content (AvgIpc) is 2.88. The number of ether oxygens (including phenoxy) is 1. The van der Waals surface area contributed by atoms with Crippen molar-refractivity contribution in [3.63, 3.8) is 0 Å². The van der Waals surface area contributed by atoms with E-state index in [-0.39, 0.29) is 23.0 Å². The van der Waals surface area contributed by atoms with Gasteiger partial charge >= 0.3 is 0 Å². The third-order valence-electron chi connectivity index (χ3n) is 6.99. The molecule has 4 rings (SSSR count). The third-order valence-corrected chi connectivity index (χ3v) is 6.99. The van der Waals surface area contributed by atoms with Crippen LogP contribution in [0, 0.1) is 17.6 Å². The van der Waals surface area contributed by atoms with Crippen LogP contribution in [0.4, 0.5) is 17.6 Å². The zero-order valence-corrected chi connectivity index (χ0v) is 19.9. The van der Waals surface area contributed by atoms with Gasteiger partial charge in [0.15, 0.2) is 23.3 Å². The maximum Gasteiger partial charge on any atom is 0.166 e. The van der Waals surface area contributed by atoms with Gasteiger partial charge in [-0.1, -0.05) is 67.3 Å². The molecule has 0 aromatic heterocycles. The van der Waals surface area contributed by atoms with Crippen LogP contribution in [0.1, 0.15) is 56.1 Å². The summed E-state index contributed by atoms with van der Waals surface area (Å²) in [6, 6.07) is 10.5. The summed E-state index contributed by atoms with van der Waals surface area (Å²) in [4.78, 5) is 0. The van der Waals surface area contributed by atoms with Gasteiger partial charge in [-0.2, -0.15) is 0 Å². The van der Waals surface area contributed by atoms with Crippen molar-refractivity contribution in [2.75, 3.05) is 6.61 Å². The first kappa shape index (κ1) is 25.2. The van der Waals surface area contributed by atoms with E-state index in [1.807, 2.05) is 18.2 Å². The molecule has 5 heteroatoms. The maximum atomic E-state index is 15.0. The van der Waals surface area contributed by atoms with Crippen molar-refractivity contribution in [2.24, 2.45) is 5.92 Å². The molecule has 2 aliphatic carbocycles. The molecule has 2 aliphatic rings. The molecule has 1 atom stereocenters. The van der Waals surface area contributed by atoms with Gasteiger partial charge < -0.3 is 4.74 Å². The van der Waals surface area contributed by atoms with Crippen molar-refractivity contribution in [1.82, 2.24) is 0 Å². The van der Waals surface area contributed by atoms with Gasteiger partial charge in [-0.25, -0.2) is 17.6 Å². The fourth-order valence-electron chi connectivity index (χ4n) is 4.95. The molecule has 0 amide bonds. The topological polar surface area (TPSA) is 9.23 Å². The fraction of sp³-hybridized carbons (Fsp3) is 0.333. The SMILES string of the molecule is C=Cc1ccc(-c2ccc(C3CCC(/C=C/C4=CCC(OCC)C(F)=C4F)CC3)c(F)c2F)cc1. The summed E-state index contributed by atoms with van der Waals surface area (Å²) < 4.78 is 63.7. The van der Waals surface area contributed by atoms with E-state index in [1.54, 1.807) is 49.4 Å². The largest absolute Gasteiger partial charge is 0.371 e. The lowest BCUT2D eigenvalue weighted by Crippen LogP contribution is -2.17. The number of benzene rings is 2. The highest BCUT2D eigenvalue weighted by atomic mass is 19.2. The molecular weight excluding hydrogens is 452 g/mol. The summed E-state index contributed by atoms with van der Waals surface area (Å²) in [5, 5.41) is 0. The summed E-state index contributed by atoms with van der Waals surface area (Å²) in [7, 11) is 0. The minimum absolute atomic E-state index is 0.0683. The fourth-order valence-corrected chi connectivity index (χ4v) is 4.95. The van der Waals surface area contributed by atoms with E-state index in [0.717, 1.165) is 18.4 Å². The van der Waals surface area contributed by atoms with Crippen molar-refractivity contribution < 1.29 is 22.3 Å². The van der Waals surface area contributed by atoms with E-state index in [4.69, 9.17) is 4.74 Å². The Morgan fingerprint density at radius 2 is 1.66 bits per heavy atom. The molecule has 2 aromatic carbocycles. The molecule has 2 aromatic rings. The van der Waals surface area contributed by atoms with Crippen LogP contribution in [0.2, 0.25) is 0 Å². The van der Waals surface area contributed by atoms with Crippen molar-refractivity contribution in [2.45, 2.75) is 51.0 Å². The molecule has 0 aliphatic heterocycles. The third kappa shape index (κ3) is 5.51. The molecule has 1 unspecified atom stereocenters. The number of rotatable bonds is 7. The molecule has 1 fully saturated rings. The molecule has 184 valence electrons. The highest BCUT2D eigenvalue weighted by Gasteiger charge is 2.27. The van der Waals surface area contributed by atoms with Gasteiger partial charge in [-0.3, -0.25) is 0 Å². The number of allylic oxidation sites excluding steroid dienone is 4. The second kappa shape index (κ2) is 11.2. The van der Waals surface area contributed by atoms with Gasteiger partial charge in [0.2, 0.25) is 0 Å². The first-order chi connectivity index (χ1) is 16.9. The van der Waals surface area contributed by atoms with Crippen LogP contribution >= 0.6 is 0 Å². The Balaban J connectivity index is 1.40. The second-order valence-corrected chi connectivity index (χ2v) is 9.13. The van der Waals surface area contributed by atoms with E-state index in [9.17, 15) is 13.2 Å². The quantitative estimate of drug-likeness (QED) is 0.358. The van der Waals surface area contributed by atoms with E-state index in [0.29, 0.717) is 37.0 Å². The maximum absolute atomic E-state index is 15.0. The van der Waals surface area contributed by atoms with Crippen LogP contribution in [0.25, 0.3) is 17.2 Å². The van der Waals surface area contributed by atoms with Crippen LogP contribution in [-0.2, 0) is 4.74 Å². The van der Waals surface area contributed by atoms with E-state index in [1.165, 1.54) is 0 Å². The lowest BCUT2D eigenvalue weighted by Gasteiger charge is -2.28. The molecule has 1 nitrogen and oxygen atoms in total. The van der Waals surface area contributed by atoms with Gasteiger partial charge in [-0.15, -0.1) is 0 Å². The van der Waals surface area contributed by atoms with E-state index >= 15 is 4.39 Å². The second-order valence-electron chi connectivity index (χ2n) is 9.13. The number of hydrogen-bond acceptors (Lipinski definition) is 1. The van der Waals surface area contributed by atoms with Crippen LogP contribution in [0.5, 0.6) is 0 Å². The molecule has 0 bridgehead atoms. The highest BCUT2D eigenvalue weighted by Crippen LogP contribution is 2.40. The molecule has 0 spiro atoms. The van der Waals surface area contributed by atoms with Gasteiger partial charge in [0.25, 0.3) is 0 Å². The first-order valence-corrected chi connectivity index (χ1v) is 12.2. The van der Waals surface area contributed by atoms with Gasteiger partial charge in [-0.05, 0) is 67.6 Å². The first-order valence-electron chi connectivity index (χ1n) is 12.2. The molecule has 0 heterocycles. The summed E-state index contributed by atoms with van der Waals surface area (Å²) >= 11 is 0.